The maximum Gasteiger partial charge on any atom is 0.305 e. The summed E-state index contributed by atoms with van der Waals surface area (Å²) in [5, 5.41) is 0. The third kappa shape index (κ3) is 3.71. The molecule has 0 aliphatic heterocycles. The minimum atomic E-state index is -3.24. The lowest BCUT2D eigenvalue weighted by atomic mass is 9.42. The van der Waals surface area contributed by atoms with Gasteiger partial charge in [0, 0.05) is 43.4 Å². The highest BCUT2D eigenvalue weighted by Gasteiger charge is 2.76. The Morgan fingerprint density at radius 2 is 1.64 bits per heavy atom. The van der Waals surface area contributed by atoms with Crippen molar-refractivity contribution in [3.63, 3.8) is 0 Å². The second-order valence-electron chi connectivity index (χ2n) is 11.9. The van der Waals surface area contributed by atoms with Gasteiger partial charge < -0.3 is 4.74 Å². The van der Waals surface area contributed by atoms with Crippen molar-refractivity contribution >= 4 is 5.97 Å². The minimum absolute atomic E-state index is 0.0143. The molecule has 190 valence electrons. The second-order valence-corrected chi connectivity index (χ2v) is 11.9. The fourth-order valence-electron chi connectivity index (χ4n) is 8.60. The predicted molar refractivity (Wildman–Crippen MR) is 111 cm³/mol. The van der Waals surface area contributed by atoms with Crippen LogP contribution in [0.1, 0.15) is 78.6 Å². The molecule has 4 fully saturated rings. The molecule has 2 unspecified atom stereocenters. The molecule has 4 saturated carbocycles. The molecule has 8 heteroatoms. The van der Waals surface area contributed by atoms with Crippen LogP contribution in [0.2, 0.25) is 0 Å². The Morgan fingerprint density at radius 1 is 0.970 bits per heavy atom. The topological polar surface area (TPSA) is 26.3 Å². The fraction of sp³-hybridized carbons (Fsp3) is 0.960. The lowest BCUT2D eigenvalue weighted by Gasteiger charge is -2.64. The van der Waals surface area contributed by atoms with Crippen LogP contribution in [0.4, 0.5) is 26.3 Å². The third-order valence-corrected chi connectivity index (χ3v) is 10.5. The summed E-state index contributed by atoms with van der Waals surface area (Å²) in [5.74, 6) is -14.6. The molecular formula is C25H36F6O2. The van der Waals surface area contributed by atoms with Gasteiger partial charge in [0.1, 0.15) is 0 Å². The zero-order chi connectivity index (χ0) is 24.6. The normalized spacial score (nSPS) is 45.9. The molecule has 0 saturated heterocycles. The summed E-state index contributed by atoms with van der Waals surface area (Å²) in [6, 6.07) is 0. The van der Waals surface area contributed by atoms with Crippen LogP contribution in [0.15, 0.2) is 0 Å². The number of fused-ring (bicyclic) bond motifs is 5. The standard InChI is InChI=1S/C25H36F6O2/c1-14(5-8-19(32)33-4)16-6-7-17-20-18(13-25(30,31)22(16,17)3)21(2)9-10-23(26,27)11-15(21)12-24(20,28)29/h14-18,20H,5-13H2,1-4H3/t14-,15+,16?,17+,18+,20+,21?,22-/m1/s1. The zero-order valence-corrected chi connectivity index (χ0v) is 19.9. The largest absolute Gasteiger partial charge is 0.469 e. The molecule has 0 amide bonds. The SMILES string of the molecule is COC(=O)CC[C@@H](C)C1CC[C@H]2[C@H]3[C@H](CC(F)(F)[C@]12C)C1(C)CCC(F)(F)C[C@H]1CC3(F)F. The molecule has 0 heterocycles. The first kappa shape index (κ1) is 25.2. The monoisotopic (exact) mass is 482 g/mol. The Bertz CT molecular complexity index is 785. The van der Waals surface area contributed by atoms with E-state index < -0.39 is 89.8 Å². The Morgan fingerprint density at radius 3 is 2.27 bits per heavy atom. The van der Waals surface area contributed by atoms with Gasteiger partial charge in [-0.25, -0.2) is 26.3 Å². The predicted octanol–water partition coefficient (Wildman–Crippen LogP) is 7.36. The van der Waals surface area contributed by atoms with Crippen LogP contribution < -0.4 is 0 Å². The minimum Gasteiger partial charge on any atom is -0.469 e. The van der Waals surface area contributed by atoms with E-state index in [0.717, 1.165) is 0 Å². The van der Waals surface area contributed by atoms with E-state index in [4.69, 9.17) is 0 Å². The van der Waals surface area contributed by atoms with Crippen molar-refractivity contribution in [3.8, 4) is 0 Å². The number of esters is 1. The number of carbonyl (C=O) groups excluding carboxylic acids is 1. The van der Waals surface area contributed by atoms with Crippen LogP contribution in [-0.2, 0) is 9.53 Å². The number of halogens is 6. The fourth-order valence-corrected chi connectivity index (χ4v) is 8.60. The summed E-state index contributed by atoms with van der Waals surface area (Å²) >= 11 is 0. The highest BCUT2D eigenvalue weighted by Crippen LogP contribution is 2.74. The maximum absolute atomic E-state index is 16.0. The van der Waals surface area contributed by atoms with Crippen molar-refractivity contribution in [2.75, 3.05) is 7.11 Å². The van der Waals surface area contributed by atoms with Crippen LogP contribution in [0.25, 0.3) is 0 Å². The Kier molecular flexibility index (Phi) is 5.93. The molecule has 4 aliphatic rings. The van der Waals surface area contributed by atoms with Crippen molar-refractivity contribution in [2.24, 2.45) is 46.3 Å². The van der Waals surface area contributed by atoms with E-state index in [0.29, 0.717) is 12.8 Å². The molecule has 0 aromatic rings. The molecule has 0 aromatic heterocycles. The smallest absolute Gasteiger partial charge is 0.305 e. The molecule has 8 atom stereocenters. The lowest BCUT2D eigenvalue weighted by molar-refractivity contribution is -0.300. The van der Waals surface area contributed by atoms with E-state index in [1.165, 1.54) is 14.0 Å². The van der Waals surface area contributed by atoms with Gasteiger partial charge in [0.05, 0.1) is 7.11 Å². The summed E-state index contributed by atoms with van der Waals surface area (Å²) in [6.45, 7) is 5.01. The molecule has 0 radical (unpaired) electrons. The molecule has 4 rings (SSSR count). The van der Waals surface area contributed by atoms with Gasteiger partial charge in [-0.15, -0.1) is 0 Å². The molecule has 0 N–H and O–H groups in total. The molecule has 0 bridgehead atoms. The summed E-state index contributed by atoms with van der Waals surface area (Å²) in [4.78, 5) is 11.6. The van der Waals surface area contributed by atoms with E-state index in [1.54, 1.807) is 6.92 Å². The number of rotatable bonds is 4. The van der Waals surface area contributed by atoms with Gasteiger partial charge in [-0.3, -0.25) is 4.79 Å². The van der Waals surface area contributed by atoms with Crippen LogP contribution >= 0.6 is 0 Å². The first-order chi connectivity index (χ1) is 15.1. The van der Waals surface area contributed by atoms with Crippen LogP contribution in [0, 0.1) is 46.3 Å². The molecule has 4 aliphatic carbocycles. The maximum atomic E-state index is 16.0. The van der Waals surface area contributed by atoms with E-state index in [1.807, 2.05) is 6.92 Å². The summed E-state index contributed by atoms with van der Waals surface area (Å²) < 4.78 is 96.3. The van der Waals surface area contributed by atoms with Gasteiger partial charge in [-0.05, 0) is 60.7 Å². The Labute approximate surface area is 192 Å². The lowest BCUT2D eigenvalue weighted by Crippen LogP contribution is -2.66. The molecular weight excluding hydrogens is 446 g/mol. The number of methoxy groups -OCH3 is 1. The van der Waals surface area contributed by atoms with E-state index in [2.05, 4.69) is 4.74 Å². The molecule has 33 heavy (non-hydrogen) atoms. The summed E-state index contributed by atoms with van der Waals surface area (Å²) in [5.41, 5.74) is -2.53. The van der Waals surface area contributed by atoms with E-state index in [9.17, 15) is 13.6 Å². The number of ether oxygens (including phenoxy) is 1. The van der Waals surface area contributed by atoms with Crippen LogP contribution in [-0.4, -0.2) is 30.8 Å². The molecule has 0 aromatic carbocycles. The Balaban J connectivity index is 1.68. The average molecular weight is 483 g/mol. The zero-order valence-electron chi connectivity index (χ0n) is 19.9. The summed E-state index contributed by atoms with van der Waals surface area (Å²) in [6.07, 6.45) is -1.17. The number of hydrogen-bond acceptors (Lipinski definition) is 2. The van der Waals surface area contributed by atoms with Gasteiger partial charge in [0.2, 0.25) is 5.92 Å². The van der Waals surface area contributed by atoms with Crippen LogP contribution in [0.5, 0.6) is 0 Å². The highest BCUT2D eigenvalue weighted by atomic mass is 19.3. The Hall–Kier alpha value is -0.950. The van der Waals surface area contributed by atoms with E-state index in [-0.39, 0.29) is 25.2 Å². The van der Waals surface area contributed by atoms with Crippen molar-refractivity contribution < 1.29 is 35.9 Å². The quantitative estimate of drug-likeness (QED) is 0.309. The second kappa shape index (κ2) is 7.78. The number of carbonyl (C=O) groups is 1. The van der Waals surface area contributed by atoms with Crippen molar-refractivity contribution in [3.05, 3.63) is 0 Å². The van der Waals surface area contributed by atoms with E-state index >= 15 is 17.6 Å². The molecule has 2 nitrogen and oxygen atoms in total. The average Bonchev–Trinajstić information content (AvgIpc) is 3.06. The van der Waals surface area contributed by atoms with Crippen molar-refractivity contribution in [1.82, 2.24) is 0 Å². The first-order valence-electron chi connectivity index (χ1n) is 12.3. The van der Waals surface area contributed by atoms with Crippen molar-refractivity contribution in [2.45, 2.75) is 96.3 Å². The number of alkyl halides is 6. The van der Waals surface area contributed by atoms with Gasteiger partial charge in [-0.1, -0.05) is 20.8 Å². The summed E-state index contributed by atoms with van der Waals surface area (Å²) in [7, 11) is 1.27. The third-order valence-electron chi connectivity index (χ3n) is 10.5. The van der Waals surface area contributed by atoms with Crippen molar-refractivity contribution in [1.29, 1.82) is 0 Å². The highest BCUT2D eigenvalue weighted by molar-refractivity contribution is 5.69. The van der Waals surface area contributed by atoms with Gasteiger partial charge >= 0.3 is 5.97 Å². The van der Waals surface area contributed by atoms with Gasteiger partial charge in [-0.2, -0.15) is 0 Å². The number of hydrogen-bond donors (Lipinski definition) is 0. The first-order valence-corrected chi connectivity index (χ1v) is 12.3. The van der Waals surface area contributed by atoms with Crippen LogP contribution in [0.3, 0.4) is 0 Å². The van der Waals surface area contributed by atoms with Gasteiger partial charge in [0.25, 0.3) is 11.8 Å². The molecule has 0 spiro atoms. The van der Waals surface area contributed by atoms with Gasteiger partial charge in [0.15, 0.2) is 0 Å².